The third kappa shape index (κ3) is 6.45. The zero-order valence-electron chi connectivity index (χ0n) is 22.8. The van der Waals surface area contributed by atoms with Gasteiger partial charge in [-0.3, -0.25) is 14.5 Å². The van der Waals surface area contributed by atoms with Crippen LogP contribution in [0.3, 0.4) is 0 Å². The summed E-state index contributed by atoms with van der Waals surface area (Å²) in [4.78, 5) is 16.1. The second kappa shape index (κ2) is 11.6. The number of carbonyl (C=O) groups excluding carboxylic acids is 1. The number of pyridine rings is 1. The number of nitrogens with zero attached hydrogens (tertiary/aromatic N) is 6. The minimum atomic E-state index is -4.48. The highest BCUT2D eigenvalue weighted by Crippen LogP contribution is 2.48. The first-order valence-corrected chi connectivity index (χ1v) is 13.9. The molecule has 43 heavy (non-hydrogen) atoms. The van der Waals surface area contributed by atoms with Gasteiger partial charge in [-0.2, -0.15) is 23.4 Å². The molecule has 2 aliphatic carbocycles. The number of halogens is 5. The Morgan fingerprint density at radius 3 is 2.53 bits per heavy atom. The van der Waals surface area contributed by atoms with Gasteiger partial charge < -0.3 is 5.32 Å². The van der Waals surface area contributed by atoms with Gasteiger partial charge in [0.2, 0.25) is 0 Å². The molecule has 0 radical (unpaired) electrons. The average Bonchev–Trinajstić information content (AvgIpc) is 3.60. The Bertz CT molecular complexity index is 1690. The van der Waals surface area contributed by atoms with Gasteiger partial charge in [0, 0.05) is 36.4 Å². The Kier molecular flexibility index (Phi) is 7.72. The van der Waals surface area contributed by atoms with Crippen LogP contribution in [-0.4, -0.2) is 36.1 Å². The highest BCUT2D eigenvalue weighted by Gasteiger charge is 2.36. The molecule has 13 heteroatoms. The van der Waals surface area contributed by atoms with E-state index in [1.807, 2.05) is 6.07 Å². The van der Waals surface area contributed by atoms with Crippen molar-refractivity contribution in [3.05, 3.63) is 105 Å². The fourth-order valence-corrected chi connectivity index (χ4v) is 5.21. The molecule has 3 heterocycles. The monoisotopic (exact) mass is 595 g/mol. The molecule has 222 valence electrons. The van der Waals surface area contributed by atoms with Crippen LogP contribution in [0.1, 0.15) is 69.9 Å². The van der Waals surface area contributed by atoms with E-state index < -0.39 is 29.3 Å². The van der Waals surface area contributed by atoms with E-state index in [0.29, 0.717) is 37.3 Å². The number of amides is 1. The maximum Gasteiger partial charge on any atom is 0.417 e. The lowest BCUT2D eigenvalue weighted by Crippen LogP contribution is -2.23. The molecule has 3 aromatic heterocycles. The molecule has 0 atom stereocenters. The molecule has 1 aromatic carbocycles. The van der Waals surface area contributed by atoms with E-state index in [2.05, 4.69) is 30.8 Å². The normalized spacial score (nSPS) is 14.7. The second-order valence-electron chi connectivity index (χ2n) is 10.7. The quantitative estimate of drug-likeness (QED) is 0.193. The zero-order valence-corrected chi connectivity index (χ0v) is 22.8. The van der Waals surface area contributed by atoms with Gasteiger partial charge in [0.1, 0.15) is 11.6 Å². The number of fused-ring (bicyclic) bond motifs is 1. The number of rotatable bonds is 10. The Morgan fingerprint density at radius 2 is 1.81 bits per heavy atom. The number of nitrogens with one attached hydrogen (secondary N) is 1. The van der Waals surface area contributed by atoms with Crippen LogP contribution < -0.4 is 5.32 Å². The molecular formula is C30H26F5N7O. The maximum atomic E-state index is 14.8. The zero-order chi connectivity index (χ0) is 30.1. The van der Waals surface area contributed by atoms with Crippen LogP contribution in [0.5, 0.6) is 0 Å². The third-order valence-corrected chi connectivity index (χ3v) is 7.56. The molecule has 0 aliphatic heterocycles. The summed E-state index contributed by atoms with van der Waals surface area (Å²) >= 11 is 0. The van der Waals surface area contributed by atoms with Crippen LogP contribution in [-0.2, 0) is 32.1 Å². The minimum absolute atomic E-state index is 0.0570. The smallest absolute Gasteiger partial charge is 0.345 e. The molecule has 2 aliphatic rings. The summed E-state index contributed by atoms with van der Waals surface area (Å²) in [7, 11) is 0. The van der Waals surface area contributed by atoms with Crippen molar-refractivity contribution in [3.63, 3.8) is 0 Å². The van der Waals surface area contributed by atoms with Gasteiger partial charge in [-0.15, -0.1) is 5.10 Å². The predicted octanol–water partition coefficient (Wildman–Crippen LogP) is 5.48. The molecule has 1 saturated carbocycles. The van der Waals surface area contributed by atoms with E-state index >= 15 is 0 Å². The van der Waals surface area contributed by atoms with Gasteiger partial charge in [0.15, 0.2) is 5.69 Å². The molecule has 0 spiro atoms. The average molecular weight is 596 g/mol. The summed E-state index contributed by atoms with van der Waals surface area (Å²) in [6, 6.07) is 7.76. The number of alkyl halides is 3. The first-order valence-electron chi connectivity index (χ1n) is 13.9. The number of allylic oxidation sites excluding steroid dienone is 1. The Hall–Kier alpha value is -4.55. The highest BCUT2D eigenvalue weighted by atomic mass is 19.4. The van der Waals surface area contributed by atoms with Gasteiger partial charge in [0.25, 0.3) is 5.91 Å². The molecule has 0 bridgehead atoms. The van der Waals surface area contributed by atoms with E-state index in [4.69, 9.17) is 0 Å². The minimum Gasteiger partial charge on any atom is -0.345 e. The van der Waals surface area contributed by atoms with Crippen molar-refractivity contribution in [2.75, 3.05) is 0 Å². The fraction of sp³-hybridized carbons (Fsp3) is 0.333. The number of hydrogen-bond donors (Lipinski definition) is 1. The van der Waals surface area contributed by atoms with E-state index in [-0.39, 0.29) is 17.9 Å². The topological polar surface area (TPSA) is 98.5 Å². The van der Waals surface area contributed by atoms with Gasteiger partial charge in [-0.25, -0.2) is 8.78 Å². The van der Waals surface area contributed by atoms with Crippen LogP contribution in [0.15, 0.2) is 54.4 Å². The van der Waals surface area contributed by atoms with Crippen molar-refractivity contribution < 1.29 is 26.7 Å². The van der Waals surface area contributed by atoms with Crippen LogP contribution in [0.4, 0.5) is 22.0 Å². The van der Waals surface area contributed by atoms with E-state index in [1.165, 1.54) is 24.4 Å². The van der Waals surface area contributed by atoms with E-state index in [1.54, 1.807) is 4.68 Å². The highest BCUT2D eigenvalue weighted by molar-refractivity contribution is 5.91. The first-order chi connectivity index (χ1) is 20.7. The van der Waals surface area contributed by atoms with E-state index in [0.717, 1.165) is 65.7 Å². The Morgan fingerprint density at radius 1 is 0.977 bits per heavy atom. The number of benzene rings is 1. The van der Waals surface area contributed by atoms with Crippen LogP contribution in [0, 0.1) is 17.6 Å². The van der Waals surface area contributed by atoms with Crippen molar-refractivity contribution in [1.29, 1.82) is 0 Å². The number of carbonyl (C=O) groups is 1. The summed E-state index contributed by atoms with van der Waals surface area (Å²) in [5.74, 6) is -1.32. The third-order valence-electron chi connectivity index (χ3n) is 7.56. The lowest BCUT2D eigenvalue weighted by molar-refractivity contribution is -0.137. The maximum absolute atomic E-state index is 14.8. The van der Waals surface area contributed by atoms with Crippen molar-refractivity contribution in [2.45, 2.75) is 57.8 Å². The summed E-state index contributed by atoms with van der Waals surface area (Å²) in [5.41, 5.74) is 4.28. The fourth-order valence-electron chi connectivity index (χ4n) is 5.21. The van der Waals surface area contributed by atoms with Crippen molar-refractivity contribution >= 4 is 11.5 Å². The molecule has 6 rings (SSSR count). The predicted molar refractivity (Wildman–Crippen MR) is 144 cm³/mol. The molecule has 1 amide bonds. The largest absolute Gasteiger partial charge is 0.417 e. The van der Waals surface area contributed by atoms with Crippen molar-refractivity contribution in [3.8, 4) is 0 Å². The summed E-state index contributed by atoms with van der Waals surface area (Å²) in [5, 5.41) is 19.3. The Labute approximate surface area is 243 Å². The molecule has 0 unspecified atom stereocenters. The molecular weight excluding hydrogens is 569 g/mol. The van der Waals surface area contributed by atoms with Crippen LogP contribution >= 0.6 is 0 Å². The van der Waals surface area contributed by atoms with Gasteiger partial charge in [-0.1, -0.05) is 10.8 Å². The number of unbranched alkanes of at least 4 members (excludes halogenated alkanes) is 1. The standard InChI is InChI=1S/C30H26F5N7O/c31-19-7-9-22(25(32)11-19)28-23(17-4-5-17)13-26-24(28)12-20(38-39-26)3-1-2-10-42-16-27(40-41-42)29(43)37-15-21-8-6-18(14-36-21)30(33,34)35/h6-9,11-12,14,16-17H,1-5,10,13,15H2,(H,37,43). The SMILES string of the molecule is O=C(NCc1ccc(C(F)(F)F)cn1)c1cn(CCCCc2cc3c(nn2)CC(C2CC2)=C3c2ccc(F)cc2F)nn1. The van der Waals surface area contributed by atoms with Crippen molar-refractivity contribution in [2.24, 2.45) is 5.92 Å². The first kappa shape index (κ1) is 28.6. The van der Waals surface area contributed by atoms with Crippen LogP contribution in [0.25, 0.3) is 5.57 Å². The molecule has 1 fully saturated rings. The number of hydrogen-bond acceptors (Lipinski definition) is 6. The molecule has 8 nitrogen and oxygen atoms in total. The van der Waals surface area contributed by atoms with Gasteiger partial charge in [0.05, 0.1) is 35.4 Å². The molecule has 4 aromatic rings. The second-order valence-corrected chi connectivity index (χ2v) is 10.7. The number of aryl methyl sites for hydroxylation is 2. The lowest BCUT2D eigenvalue weighted by Gasteiger charge is -2.11. The summed E-state index contributed by atoms with van der Waals surface area (Å²) in [6.45, 7) is 0.440. The summed E-state index contributed by atoms with van der Waals surface area (Å²) < 4.78 is 68.0. The van der Waals surface area contributed by atoms with Gasteiger partial charge >= 0.3 is 6.18 Å². The lowest BCUT2D eigenvalue weighted by atomic mass is 9.95. The van der Waals surface area contributed by atoms with Crippen molar-refractivity contribution in [1.82, 2.24) is 35.5 Å². The number of aromatic nitrogens is 6. The van der Waals surface area contributed by atoms with Crippen LogP contribution in [0.2, 0.25) is 0 Å². The molecule has 0 saturated heterocycles. The Balaban J connectivity index is 1.03. The summed E-state index contributed by atoms with van der Waals surface area (Å²) in [6.07, 6.45) is 2.55. The van der Waals surface area contributed by atoms with E-state index in [9.17, 15) is 26.7 Å². The van der Waals surface area contributed by atoms with Gasteiger partial charge in [-0.05, 0) is 73.9 Å². The molecule has 1 N–H and O–H groups in total.